The van der Waals surface area contributed by atoms with Gasteiger partial charge in [0.05, 0.1) is 25.5 Å². The van der Waals surface area contributed by atoms with Crippen molar-refractivity contribution in [3.8, 4) is 22.9 Å². The van der Waals surface area contributed by atoms with Crippen molar-refractivity contribution in [2.75, 3.05) is 26.5 Å². The average molecular weight is 486 g/mol. The van der Waals surface area contributed by atoms with Gasteiger partial charge in [-0.05, 0) is 28.8 Å². The number of amides is 1. The SMILES string of the molecule is COc1cc(OC)nc(C(SCCNC(=O)c2ccc(-c3ccccc3)cc2)c2ccccc2)n1. The molecule has 1 aromatic heterocycles. The molecule has 1 heterocycles. The van der Waals surface area contributed by atoms with Gasteiger partial charge in [0.2, 0.25) is 11.8 Å². The number of carbonyl (C=O) groups excluding carboxylic acids is 1. The number of aromatic nitrogens is 2. The van der Waals surface area contributed by atoms with Crippen molar-refractivity contribution in [2.24, 2.45) is 0 Å². The van der Waals surface area contributed by atoms with Gasteiger partial charge in [0.15, 0.2) is 5.82 Å². The van der Waals surface area contributed by atoms with E-state index in [2.05, 4.69) is 27.4 Å². The lowest BCUT2D eigenvalue weighted by Crippen LogP contribution is -2.26. The Morgan fingerprint density at radius 2 is 1.40 bits per heavy atom. The summed E-state index contributed by atoms with van der Waals surface area (Å²) in [7, 11) is 3.14. The van der Waals surface area contributed by atoms with E-state index in [0.29, 0.717) is 35.4 Å². The minimum absolute atomic E-state index is 0.0965. The van der Waals surface area contributed by atoms with Crippen LogP contribution < -0.4 is 14.8 Å². The molecule has 1 amide bonds. The minimum Gasteiger partial charge on any atom is -0.481 e. The number of hydrogen-bond acceptors (Lipinski definition) is 6. The van der Waals surface area contributed by atoms with Gasteiger partial charge in [-0.25, -0.2) is 0 Å². The highest BCUT2D eigenvalue weighted by atomic mass is 32.2. The molecule has 3 aromatic carbocycles. The quantitative estimate of drug-likeness (QED) is 0.303. The second-order valence-electron chi connectivity index (χ2n) is 7.67. The Bertz CT molecular complexity index is 1210. The van der Waals surface area contributed by atoms with Crippen LogP contribution in [0.1, 0.15) is 27.0 Å². The maximum Gasteiger partial charge on any atom is 0.251 e. The summed E-state index contributed by atoms with van der Waals surface area (Å²) in [6, 6.07) is 29.4. The molecule has 0 saturated carbocycles. The number of benzene rings is 3. The van der Waals surface area contributed by atoms with Crippen LogP contribution in [0.5, 0.6) is 11.8 Å². The molecule has 0 bridgehead atoms. The fourth-order valence-corrected chi connectivity index (χ4v) is 4.64. The fourth-order valence-electron chi connectivity index (χ4n) is 3.58. The topological polar surface area (TPSA) is 73.3 Å². The molecule has 35 heavy (non-hydrogen) atoms. The van der Waals surface area contributed by atoms with Crippen molar-refractivity contribution >= 4 is 17.7 Å². The number of nitrogens with one attached hydrogen (secondary N) is 1. The van der Waals surface area contributed by atoms with Gasteiger partial charge in [0.25, 0.3) is 5.91 Å². The van der Waals surface area contributed by atoms with E-state index in [1.165, 1.54) is 0 Å². The molecule has 0 saturated heterocycles. The second kappa shape index (κ2) is 12.0. The summed E-state index contributed by atoms with van der Waals surface area (Å²) >= 11 is 1.65. The first kappa shape index (κ1) is 24.3. The Balaban J connectivity index is 1.40. The third kappa shape index (κ3) is 6.39. The zero-order valence-corrected chi connectivity index (χ0v) is 20.5. The maximum atomic E-state index is 12.7. The number of nitrogens with zero attached hydrogens (tertiary/aromatic N) is 2. The van der Waals surface area contributed by atoms with Crippen LogP contribution in [0.4, 0.5) is 0 Å². The van der Waals surface area contributed by atoms with Gasteiger partial charge in [-0.15, -0.1) is 11.8 Å². The molecular weight excluding hydrogens is 458 g/mol. The highest BCUT2D eigenvalue weighted by Gasteiger charge is 2.20. The van der Waals surface area contributed by atoms with Crippen molar-refractivity contribution in [3.05, 3.63) is 108 Å². The van der Waals surface area contributed by atoms with Crippen LogP contribution in [0.3, 0.4) is 0 Å². The van der Waals surface area contributed by atoms with E-state index in [0.717, 1.165) is 16.7 Å². The molecule has 1 atom stereocenters. The molecule has 0 aliphatic heterocycles. The third-order valence-corrected chi connectivity index (χ3v) is 6.63. The van der Waals surface area contributed by atoms with Crippen molar-refractivity contribution < 1.29 is 14.3 Å². The minimum atomic E-state index is -0.137. The van der Waals surface area contributed by atoms with Crippen molar-refractivity contribution in [1.82, 2.24) is 15.3 Å². The number of methoxy groups -OCH3 is 2. The van der Waals surface area contributed by atoms with Crippen LogP contribution in [0.15, 0.2) is 91.0 Å². The zero-order valence-electron chi connectivity index (χ0n) is 19.7. The first-order valence-electron chi connectivity index (χ1n) is 11.2. The first-order chi connectivity index (χ1) is 17.2. The summed E-state index contributed by atoms with van der Waals surface area (Å²) in [4.78, 5) is 21.8. The molecule has 0 spiro atoms. The molecule has 0 aliphatic carbocycles. The number of hydrogen-bond donors (Lipinski definition) is 1. The summed E-state index contributed by atoms with van der Waals surface area (Å²) in [6.07, 6.45) is 0. The molecule has 1 unspecified atom stereocenters. The summed E-state index contributed by atoms with van der Waals surface area (Å²) < 4.78 is 10.7. The molecule has 4 aromatic rings. The van der Waals surface area contributed by atoms with Gasteiger partial charge in [0, 0.05) is 17.9 Å². The normalized spacial score (nSPS) is 11.5. The molecule has 0 radical (unpaired) electrons. The molecule has 7 heteroatoms. The van der Waals surface area contributed by atoms with Crippen molar-refractivity contribution in [1.29, 1.82) is 0 Å². The van der Waals surface area contributed by atoms with Gasteiger partial charge >= 0.3 is 0 Å². The molecule has 1 N–H and O–H groups in total. The monoisotopic (exact) mass is 485 g/mol. The number of thioether (sulfide) groups is 1. The summed E-state index contributed by atoms with van der Waals surface area (Å²) in [5.41, 5.74) is 3.90. The Hall–Kier alpha value is -3.84. The van der Waals surface area contributed by atoms with E-state index in [9.17, 15) is 4.79 Å². The van der Waals surface area contributed by atoms with Crippen LogP contribution in [0.25, 0.3) is 11.1 Å². The van der Waals surface area contributed by atoms with Gasteiger partial charge < -0.3 is 14.8 Å². The van der Waals surface area contributed by atoms with Crippen LogP contribution >= 0.6 is 11.8 Å². The average Bonchev–Trinajstić information content (AvgIpc) is 2.93. The zero-order chi connectivity index (χ0) is 24.5. The van der Waals surface area contributed by atoms with Crippen LogP contribution in [-0.4, -0.2) is 42.4 Å². The van der Waals surface area contributed by atoms with E-state index in [1.807, 2.05) is 72.8 Å². The van der Waals surface area contributed by atoms with Gasteiger partial charge in [-0.1, -0.05) is 72.8 Å². The molecule has 178 valence electrons. The molecule has 0 fully saturated rings. The molecular formula is C28H27N3O3S. The largest absolute Gasteiger partial charge is 0.481 e. The van der Waals surface area contributed by atoms with E-state index in [-0.39, 0.29) is 11.2 Å². The van der Waals surface area contributed by atoms with E-state index < -0.39 is 0 Å². The first-order valence-corrected chi connectivity index (χ1v) is 12.3. The predicted molar refractivity (Wildman–Crippen MR) is 140 cm³/mol. The van der Waals surface area contributed by atoms with Crippen LogP contribution in [-0.2, 0) is 0 Å². The summed E-state index contributed by atoms with van der Waals surface area (Å²) in [5.74, 6) is 2.07. The summed E-state index contributed by atoms with van der Waals surface area (Å²) in [5, 5.41) is 2.87. The maximum absolute atomic E-state index is 12.7. The van der Waals surface area contributed by atoms with Crippen molar-refractivity contribution in [2.45, 2.75) is 5.25 Å². The number of rotatable bonds is 10. The smallest absolute Gasteiger partial charge is 0.251 e. The van der Waals surface area contributed by atoms with E-state index in [1.54, 1.807) is 32.0 Å². The Kier molecular flexibility index (Phi) is 8.35. The molecule has 4 rings (SSSR count). The van der Waals surface area contributed by atoms with E-state index in [4.69, 9.17) is 9.47 Å². The third-order valence-electron chi connectivity index (χ3n) is 5.38. The van der Waals surface area contributed by atoms with Crippen molar-refractivity contribution in [3.63, 3.8) is 0 Å². The second-order valence-corrected chi connectivity index (χ2v) is 8.88. The Labute approximate surface area is 209 Å². The lowest BCUT2D eigenvalue weighted by atomic mass is 10.0. The molecule has 6 nitrogen and oxygen atoms in total. The van der Waals surface area contributed by atoms with E-state index >= 15 is 0 Å². The standard InChI is InChI=1S/C28H27N3O3S/c1-33-24-19-25(34-2)31-27(30-24)26(22-11-7-4-8-12-22)35-18-17-29-28(32)23-15-13-21(14-16-23)20-9-5-3-6-10-20/h3-16,19,26H,17-18H2,1-2H3,(H,29,32). The lowest BCUT2D eigenvalue weighted by Gasteiger charge is -2.17. The highest BCUT2D eigenvalue weighted by molar-refractivity contribution is 7.99. The Morgan fingerprint density at radius 1 is 0.829 bits per heavy atom. The predicted octanol–water partition coefficient (Wildman–Crippen LogP) is 5.41. The lowest BCUT2D eigenvalue weighted by molar-refractivity contribution is 0.0956. The highest BCUT2D eigenvalue weighted by Crippen LogP contribution is 2.35. The fraction of sp³-hybridized carbons (Fsp3) is 0.179. The van der Waals surface area contributed by atoms with Crippen LogP contribution in [0.2, 0.25) is 0 Å². The molecule has 0 aliphatic rings. The number of carbonyl (C=O) groups is 1. The Morgan fingerprint density at radius 3 is 2.00 bits per heavy atom. The number of ether oxygens (including phenoxy) is 2. The van der Waals surface area contributed by atoms with Gasteiger partial charge in [-0.3, -0.25) is 4.79 Å². The van der Waals surface area contributed by atoms with Crippen LogP contribution in [0, 0.1) is 0 Å². The van der Waals surface area contributed by atoms with Gasteiger partial charge in [0.1, 0.15) is 0 Å². The van der Waals surface area contributed by atoms with Gasteiger partial charge in [-0.2, -0.15) is 9.97 Å². The summed E-state index contributed by atoms with van der Waals surface area (Å²) in [6.45, 7) is 0.508.